The Morgan fingerprint density at radius 2 is 1.54 bits per heavy atom. The van der Waals surface area contributed by atoms with Crippen molar-refractivity contribution in [3.8, 4) is 0 Å². The van der Waals surface area contributed by atoms with Crippen molar-refractivity contribution in [1.29, 1.82) is 0 Å². The average molecular weight is 400 g/mol. The van der Waals surface area contributed by atoms with Crippen molar-refractivity contribution in [2.75, 3.05) is 23.7 Å². The van der Waals surface area contributed by atoms with Crippen molar-refractivity contribution >= 4 is 40.7 Å². The maximum absolute atomic E-state index is 12.6. The van der Waals surface area contributed by atoms with Crippen molar-refractivity contribution in [2.24, 2.45) is 0 Å². The van der Waals surface area contributed by atoms with Crippen molar-refractivity contribution < 1.29 is 14.4 Å². The van der Waals surface area contributed by atoms with Gasteiger partial charge in [0.2, 0.25) is 5.91 Å². The van der Waals surface area contributed by atoms with Gasteiger partial charge in [0.15, 0.2) is 0 Å². The van der Waals surface area contributed by atoms with Crippen molar-refractivity contribution in [1.82, 2.24) is 4.90 Å². The number of nitrogens with one attached hydrogen (secondary N) is 2. The van der Waals surface area contributed by atoms with Gasteiger partial charge in [-0.15, -0.1) is 0 Å². The molecule has 0 saturated carbocycles. The molecule has 28 heavy (non-hydrogen) atoms. The molecule has 1 heterocycles. The molecule has 1 fully saturated rings. The van der Waals surface area contributed by atoms with Gasteiger partial charge in [0, 0.05) is 37.0 Å². The summed E-state index contributed by atoms with van der Waals surface area (Å²) in [5, 5.41) is 5.73. The second-order valence-corrected chi connectivity index (χ2v) is 7.17. The van der Waals surface area contributed by atoms with E-state index in [4.69, 9.17) is 11.6 Å². The normalized spacial score (nSPS) is 13.7. The number of benzene rings is 2. The standard InChI is InChI=1S/C21H22ClN3O3/c1-14(26)23-16-7-5-15(6-8-16)20(27)24-17-9-10-18(19(22)13-17)21(28)25-11-3-2-4-12-25/h5-10,13H,2-4,11-12H2,1H3,(H,23,26)(H,24,27). The van der Waals surface area contributed by atoms with Gasteiger partial charge in [-0.05, 0) is 61.7 Å². The minimum absolute atomic E-state index is 0.0730. The summed E-state index contributed by atoms with van der Waals surface area (Å²) in [4.78, 5) is 37.9. The largest absolute Gasteiger partial charge is 0.339 e. The minimum atomic E-state index is -0.305. The Labute approximate surface area is 168 Å². The molecule has 0 aliphatic carbocycles. The lowest BCUT2D eigenvalue weighted by atomic mass is 10.1. The number of carbonyl (C=O) groups excluding carboxylic acids is 3. The monoisotopic (exact) mass is 399 g/mol. The third-order valence-electron chi connectivity index (χ3n) is 4.57. The van der Waals surface area contributed by atoms with E-state index in [0.717, 1.165) is 32.4 Å². The molecule has 0 unspecified atom stereocenters. The second kappa shape index (κ2) is 8.89. The Hall–Kier alpha value is -2.86. The van der Waals surface area contributed by atoms with Crippen LogP contribution in [0.5, 0.6) is 0 Å². The molecule has 0 aromatic heterocycles. The summed E-state index contributed by atoms with van der Waals surface area (Å²) in [6.45, 7) is 2.92. The molecule has 2 aromatic rings. The molecule has 3 rings (SSSR count). The summed E-state index contributed by atoms with van der Waals surface area (Å²) in [6, 6.07) is 11.5. The number of piperidine rings is 1. The number of carbonyl (C=O) groups is 3. The zero-order valence-corrected chi connectivity index (χ0v) is 16.4. The Bertz CT molecular complexity index is 890. The van der Waals surface area contributed by atoms with E-state index in [1.165, 1.54) is 6.92 Å². The van der Waals surface area contributed by atoms with Gasteiger partial charge >= 0.3 is 0 Å². The van der Waals surface area contributed by atoms with E-state index >= 15 is 0 Å². The van der Waals surface area contributed by atoms with E-state index in [1.807, 2.05) is 4.90 Å². The lowest BCUT2D eigenvalue weighted by Gasteiger charge is -2.27. The number of amides is 3. The van der Waals surface area contributed by atoms with Gasteiger partial charge in [0.25, 0.3) is 11.8 Å². The van der Waals surface area contributed by atoms with Gasteiger partial charge in [0.05, 0.1) is 10.6 Å². The molecule has 2 aromatic carbocycles. The number of halogens is 1. The summed E-state index contributed by atoms with van der Waals surface area (Å²) < 4.78 is 0. The predicted octanol–water partition coefficient (Wildman–Crippen LogP) is 4.18. The molecule has 0 bridgehead atoms. The number of hydrogen-bond acceptors (Lipinski definition) is 3. The van der Waals surface area contributed by atoms with Crippen LogP contribution in [-0.2, 0) is 4.79 Å². The molecule has 1 saturated heterocycles. The number of hydrogen-bond donors (Lipinski definition) is 2. The van der Waals surface area contributed by atoms with Crippen molar-refractivity contribution in [3.05, 3.63) is 58.6 Å². The number of nitrogens with zero attached hydrogens (tertiary/aromatic N) is 1. The van der Waals surface area contributed by atoms with E-state index < -0.39 is 0 Å². The molecule has 6 nitrogen and oxygen atoms in total. The number of anilines is 2. The van der Waals surface area contributed by atoms with Gasteiger partial charge in [-0.3, -0.25) is 14.4 Å². The Morgan fingerprint density at radius 3 is 2.14 bits per heavy atom. The first-order chi connectivity index (χ1) is 13.4. The third kappa shape index (κ3) is 4.89. The highest BCUT2D eigenvalue weighted by Crippen LogP contribution is 2.24. The Balaban J connectivity index is 1.67. The zero-order chi connectivity index (χ0) is 20.1. The lowest BCUT2D eigenvalue weighted by Crippen LogP contribution is -2.35. The maximum Gasteiger partial charge on any atom is 0.255 e. The minimum Gasteiger partial charge on any atom is -0.339 e. The first-order valence-electron chi connectivity index (χ1n) is 9.22. The van der Waals surface area contributed by atoms with Gasteiger partial charge in [-0.1, -0.05) is 11.6 Å². The Morgan fingerprint density at radius 1 is 0.893 bits per heavy atom. The molecule has 1 aliphatic heterocycles. The molecular formula is C21H22ClN3O3. The molecule has 2 N–H and O–H groups in total. The molecule has 7 heteroatoms. The van der Waals surface area contributed by atoms with E-state index in [2.05, 4.69) is 10.6 Å². The molecule has 0 spiro atoms. The van der Waals surface area contributed by atoms with Crippen LogP contribution < -0.4 is 10.6 Å². The van der Waals surface area contributed by atoms with Crippen LogP contribution in [0.4, 0.5) is 11.4 Å². The summed E-state index contributed by atoms with van der Waals surface area (Å²) >= 11 is 6.30. The van der Waals surface area contributed by atoms with E-state index in [1.54, 1.807) is 42.5 Å². The van der Waals surface area contributed by atoms with E-state index in [9.17, 15) is 14.4 Å². The van der Waals surface area contributed by atoms with Crippen LogP contribution in [0.1, 0.15) is 46.9 Å². The molecule has 3 amide bonds. The SMILES string of the molecule is CC(=O)Nc1ccc(C(=O)Nc2ccc(C(=O)N3CCCCC3)c(Cl)c2)cc1. The first-order valence-corrected chi connectivity index (χ1v) is 9.59. The molecule has 146 valence electrons. The fourth-order valence-electron chi connectivity index (χ4n) is 3.15. The predicted molar refractivity (Wildman–Crippen MR) is 110 cm³/mol. The zero-order valence-electron chi connectivity index (χ0n) is 15.6. The van der Waals surface area contributed by atoms with Gasteiger partial charge < -0.3 is 15.5 Å². The lowest BCUT2D eigenvalue weighted by molar-refractivity contribution is -0.114. The van der Waals surface area contributed by atoms with Crippen LogP contribution in [0.3, 0.4) is 0 Å². The third-order valence-corrected chi connectivity index (χ3v) is 4.88. The van der Waals surface area contributed by atoms with Gasteiger partial charge in [-0.2, -0.15) is 0 Å². The fraction of sp³-hybridized carbons (Fsp3) is 0.286. The van der Waals surface area contributed by atoms with Crippen molar-refractivity contribution in [2.45, 2.75) is 26.2 Å². The highest BCUT2D eigenvalue weighted by atomic mass is 35.5. The summed E-state index contributed by atoms with van der Waals surface area (Å²) in [6.07, 6.45) is 3.17. The molecule has 0 radical (unpaired) electrons. The van der Waals surface area contributed by atoms with E-state index in [0.29, 0.717) is 27.5 Å². The second-order valence-electron chi connectivity index (χ2n) is 6.76. The van der Waals surface area contributed by atoms with E-state index in [-0.39, 0.29) is 17.7 Å². The maximum atomic E-state index is 12.6. The summed E-state index contributed by atoms with van der Waals surface area (Å²) in [5.74, 6) is -0.553. The van der Waals surface area contributed by atoms with Gasteiger partial charge in [0.1, 0.15) is 0 Å². The van der Waals surface area contributed by atoms with Crippen LogP contribution in [0.25, 0.3) is 0 Å². The van der Waals surface area contributed by atoms with Crippen LogP contribution in [0.15, 0.2) is 42.5 Å². The van der Waals surface area contributed by atoms with Crippen LogP contribution in [-0.4, -0.2) is 35.7 Å². The topological polar surface area (TPSA) is 78.5 Å². The number of rotatable bonds is 4. The average Bonchev–Trinajstić information content (AvgIpc) is 2.68. The summed E-state index contributed by atoms with van der Waals surface area (Å²) in [7, 11) is 0. The molecular weight excluding hydrogens is 378 g/mol. The highest BCUT2D eigenvalue weighted by Gasteiger charge is 2.20. The van der Waals surface area contributed by atoms with Crippen LogP contribution in [0.2, 0.25) is 5.02 Å². The van der Waals surface area contributed by atoms with Crippen molar-refractivity contribution in [3.63, 3.8) is 0 Å². The van der Waals surface area contributed by atoms with Gasteiger partial charge in [-0.25, -0.2) is 0 Å². The smallest absolute Gasteiger partial charge is 0.255 e. The number of likely N-dealkylation sites (tertiary alicyclic amines) is 1. The molecule has 0 atom stereocenters. The van der Waals surface area contributed by atoms with Crippen LogP contribution >= 0.6 is 11.6 Å². The highest BCUT2D eigenvalue weighted by molar-refractivity contribution is 6.34. The fourth-order valence-corrected chi connectivity index (χ4v) is 3.41. The summed E-state index contributed by atoms with van der Waals surface area (Å²) in [5.41, 5.74) is 2.02. The quantitative estimate of drug-likeness (QED) is 0.809. The van der Waals surface area contributed by atoms with Crippen LogP contribution in [0, 0.1) is 0 Å². The Kier molecular flexibility index (Phi) is 6.31. The first kappa shape index (κ1) is 19.9. The molecule has 1 aliphatic rings.